The highest BCUT2D eigenvalue weighted by Crippen LogP contribution is 2.20. The van der Waals surface area contributed by atoms with Crippen LogP contribution in [-0.2, 0) is 4.79 Å². The van der Waals surface area contributed by atoms with E-state index in [9.17, 15) is 9.59 Å². The number of hydrogen-bond donors (Lipinski definition) is 3. The summed E-state index contributed by atoms with van der Waals surface area (Å²) in [5.41, 5.74) is 2.09. The lowest BCUT2D eigenvalue weighted by atomic mass is 10.0. The minimum absolute atomic E-state index is 0.0159. The summed E-state index contributed by atoms with van der Waals surface area (Å²) >= 11 is 0. The van der Waals surface area contributed by atoms with Gasteiger partial charge in [-0.3, -0.25) is 9.59 Å². The van der Waals surface area contributed by atoms with Crippen molar-refractivity contribution >= 4 is 17.5 Å². The summed E-state index contributed by atoms with van der Waals surface area (Å²) in [5.74, 6) is -0.110. The summed E-state index contributed by atoms with van der Waals surface area (Å²) in [6.07, 6.45) is 0.861. The van der Waals surface area contributed by atoms with Gasteiger partial charge >= 0.3 is 0 Å². The summed E-state index contributed by atoms with van der Waals surface area (Å²) in [6, 6.07) is 5.35. The number of carbonyl (C=O) groups excluding carboxylic acids is 2. The van der Waals surface area contributed by atoms with Crippen LogP contribution in [0.2, 0.25) is 0 Å². The Labute approximate surface area is 112 Å². The van der Waals surface area contributed by atoms with Crippen LogP contribution in [0.5, 0.6) is 0 Å². The van der Waals surface area contributed by atoms with E-state index in [0.717, 1.165) is 25.1 Å². The Morgan fingerprint density at radius 3 is 2.79 bits per heavy atom. The second-order valence-corrected chi connectivity index (χ2v) is 4.74. The van der Waals surface area contributed by atoms with Crippen LogP contribution in [-0.4, -0.2) is 32.0 Å². The van der Waals surface area contributed by atoms with Gasteiger partial charge in [0.2, 0.25) is 5.91 Å². The lowest BCUT2D eigenvalue weighted by Crippen LogP contribution is -2.25. The summed E-state index contributed by atoms with van der Waals surface area (Å²) < 4.78 is 0. The fourth-order valence-corrected chi connectivity index (χ4v) is 2.26. The smallest absolute Gasteiger partial charge is 0.251 e. The van der Waals surface area contributed by atoms with E-state index >= 15 is 0 Å². The molecule has 19 heavy (non-hydrogen) atoms. The van der Waals surface area contributed by atoms with Gasteiger partial charge in [0.25, 0.3) is 5.91 Å². The second-order valence-electron chi connectivity index (χ2n) is 4.74. The highest BCUT2D eigenvalue weighted by Gasteiger charge is 2.23. The van der Waals surface area contributed by atoms with Crippen LogP contribution in [0.1, 0.15) is 22.3 Å². The molecule has 0 aliphatic carbocycles. The maximum atomic E-state index is 12.1. The number of benzene rings is 1. The van der Waals surface area contributed by atoms with Crippen molar-refractivity contribution < 1.29 is 9.59 Å². The fourth-order valence-electron chi connectivity index (χ4n) is 2.26. The highest BCUT2D eigenvalue weighted by molar-refractivity contribution is 5.99. The topological polar surface area (TPSA) is 70.2 Å². The van der Waals surface area contributed by atoms with Crippen molar-refractivity contribution in [1.29, 1.82) is 0 Å². The molecular formula is C14H19N3O2. The molecule has 0 radical (unpaired) electrons. The van der Waals surface area contributed by atoms with Crippen LogP contribution in [0.15, 0.2) is 18.2 Å². The maximum absolute atomic E-state index is 12.1. The van der Waals surface area contributed by atoms with Crippen molar-refractivity contribution in [2.24, 2.45) is 5.92 Å². The monoisotopic (exact) mass is 261 g/mol. The molecule has 2 rings (SSSR count). The van der Waals surface area contributed by atoms with Crippen molar-refractivity contribution in [3.63, 3.8) is 0 Å². The van der Waals surface area contributed by atoms with Crippen molar-refractivity contribution in [3.05, 3.63) is 29.3 Å². The molecule has 0 bridgehead atoms. The van der Waals surface area contributed by atoms with Gasteiger partial charge in [-0.1, -0.05) is 6.07 Å². The first kappa shape index (κ1) is 13.5. The molecule has 0 aromatic heterocycles. The van der Waals surface area contributed by atoms with Gasteiger partial charge in [-0.05, 0) is 37.6 Å². The SMILES string of the molecule is CNC(=O)c1cccc(NC(=O)C2CCNC2)c1C. The molecular weight excluding hydrogens is 242 g/mol. The lowest BCUT2D eigenvalue weighted by molar-refractivity contribution is -0.119. The Morgan fingerprint density at radius 1 is 1.37 bits per heavy atom. The van der Waals surface area contributed by atoms with E-state index in [0.29, 0.717) is 11.3 Å². The molecule has 1 heterocycles. The first-order valence-corrected chi connectivity index (χ1v) is 6.46. The Kier molecular flexibility index (Phi) is 4.16. The number of carbonyl (C=O) groups is 2. The maximum Gasteiger partial charge on any atom is 0.251 e. The molecule has 1 aromatic rings. The minimum atomic E-state index is -0.142. The number of nitrogens with one attached hydrogen (secondary N) is 3. The van der Waals surface area contributed by atoms with Crippen molar-refractivity contribution in [1.82, 2.24) is 10.6 Å². The quantitative estimate of drug-likeness (QED) is 0.757. The van der Waals surface area contributed by atoms with Gasteiger partial charge in [-0.25, -0.2) is 0 Å². The summed E-state index contributed by atoms with van der Waals surface area (Å²) in [7, 11) is 1.59. The molecule has 1 aliphatic rings. The number of amides is 2. The van der Waals surface area contributed by atoms with Gasteiger partial charge < -0.3 is 16.0 Å². The zero-order valence-corrected chi connectivity index (χ0v) is 11.2. The standard InChI is InChI=1S/C14H19N3O2/c1-9-11(14(19)15-2)4-3-5-12(9)17-13(18)10-6-7-16-8-10/h3-5,10,16H,6-8H2,1-2H3,(H,15,19)(H,17,18). The Bertz CT molecular complexity index is 493. The van der Waals surface area contributed by atoms with E-state index in [1.165, 1.54) is 0 Å². The molecule has 3 N–H and O–H groups in total. The van der Waals surface area contributed by atoms with Gasteiger partial charge in [0, 0.05) is 24.8 Å². The average Bonchev–Trinajstić information content (AvgIpc) is 2.94. The van der Waals surface area contributed by atoms with Crippen LogP contribution in [0.25, 0.3) is 0 Å². The summed E-state index contributed by atoms with van der Waals surface area (Å²) in [5, 5.41) is 8.68. The van der Waals surface area contributed by atoms with E-state index < -0.39 is 0 Å². The van der Waals surface area contributed by atoms with Crippen molar-refractivity contribution in [2.45, 2.75) is 13.3 Å². The molecule has 1 unspecified atom stereocenters. The molecule has 5 nitrogen and oxygen atoms in total. The van der Waals surface area contributed by atoms with Crippen LogP contribution < -0.4 is 16.0 Å². The summed E-state index contributed by atoms with van der Waals surface area (Å²) in [4.78, 5) is 23.8. The number of hydrogen-bond acceptors (Lipinski definition) is 3. The lowest BCUT2D eigenvalue weighted by Gasteiger charge is -2.14. The number of anilines is 1. The Balaban J connectivity index is 2.16. The van der Waals surface area contributed by atoms with Gasteiger partial charge in [0.05, 0.1) is 5.92 Å². The normalized spacial score (nSPS) is 18.1. The van der Waals surface area contributed by atoms with Crippen molar-refractivity contribution in [2.75, 3.05) is 25.5 Å². The van der Waals surface area contributed by atoms with E-state index in [1.54, 1.807) is 19.2 Å². The largest absolute Gasteiger partial charge is 0.355 e. The molecule has 5 heteroatoms. The van der Waals surface area contributed by atoms with Crippen LogP contribution in [0.3, 0.4) is 0 Å². The first-order valence-electron chi connectivity index (χ1n) is 6.46. The Hall–Kier alpha value is -1.88. The predicted molar refractivity (Wildman–Crippen MR) is 74.2 cm³/mol. The minimum Gasteiger partial charge on any atom is -0.355 e. The third kappa shape index (κ3) is 2.93. The van der Waals surface area contributed by atoms with E-state index in [1.807, 2.05) is 13.0 Å². The zero-order chi connectivity index (χ0) is 13.8. The molecule has 1 fully saturated rings. The molecule has 1 saturated heterocycles. The summed E-state index contributed by atoms with van der Waals surface area (Å²) in [6.45, 7) is 3.45. The second kappa shape index (κ2) is 5.84. The van der Waals surface area contributed by atoms with Crippen LogP contribution in [0, 0.1) is 12.8 Å². The van der Waals surface area contributed by atoms with Crippen molar-refractivity contribution in [3.8, 4) is 0 Å². The third-order valence-corrected chi connectivity index (χ3v) is 3.49. The molecule has 102 valence electrons. The predicted octanol–water partition coefficient (Wildman–Crippen LogP) is 0.903. The molecule has 2 amide bonds. The number of rotatable bonds is 3. The zero-order valence-electron chi connectivity index (χ0n) is 11.2. The fraction of sp³-hybridized carbons (Fsp3) is 0.429. The van der Waals surface area contributed by atoms with Crippen LogP contribution >= 0.6 is 0 Å². The van der Waals surface area contributed by atoms with E-state index in [-0.39, 0.29) is 17.7 Å². The first-order chi connectivity index (χ1) is 9.13. The van der Waals surface area contributed by atoms with Gasteiger partial charge in [0.1, 0.15) is 0 Å². The van der Waals surface area contributed by atoms with Gasteiger partial charge in [-0.15, -0.1) is 0 Å². The van der Waals surface area contributed by atoms with Gasteiger partial charge in [-0.2, -0.15) is 0 Å². The average molecular weight is 261 g/mol. The Morgan fingerprint density at radius 2 is 2.16 bits per heavy atom. The van der Waals surface area contributed by atoms with Crippen LogP contribution in [0.4, 0.5) is 5.69 Å². The highest BCUT2D eigenvalue weighted by atomic mass is 16.2. The molecule has 1 atom stereocenters. The molecule has 1 aromatic carbocycles. The molecule has 0 spiro atoms. The van der Waals surface area contributed by atoms with E-state index in [4.69, 9.17) is 0 Å². The van der Waals surface area contributed by atoms with Gasteiger partial charge in [0.15, 0.2) is 0 Å². The van der Waals surface area contributed by atoms with E-state index in [2.05, 4.69) is 16.0 Å². The molecule has 1 aliphatic heterocycles. The third-order valence-electron chi connectivity index (χ3n) is 3.49. The molecule has 0 saturated carbocycles.